The van der Waals surface area contributed by atoms with Gasteiger partial charge in [-0.1, -0.05) is 37.1 Å². The van der Waals surface area contributed by atoms with E-state index < -0.39 is 11.2 Å². The molecule has 3 rings (SSSR count). The van der Waals surface area contributed by atoms with Gasteiger partial charge in [0.2, 0.25) is 0 Å². The molecule has 0 aliphatic rings. The molecule has 0 saturated heterocycles. The third-order valence-corrected chi connectivity index (χ3v) is 5.34. The fraction of sp³-hybridized carbons (Fsp3) is 0.500. The summed E-state index contributed by atoms with van der Waals surface area (Å²) in [6.45, 7) is 3.72. The lowest BCUT2D eigenvalue weighted by atomic mass is 10.2. The van der Waals surface area contributed by atoms with Gasteiger partial charge in [0.25, 0.3) is 11.6 Å². The second kappa shape index (κ2) is 11.3. The molecule has 2 heterocycles. The number of hydrogen-bond acceptors (Lipinski definition) is 6. The van der Waals surface area contributed by atoms with Crippen molar-refractivity contribution >= 4 is 22.8 Å². The maximum absolute atomic E-state index is 13.2. The van der Waals surface area contributed by atoms with Crippen LogP contribution in [0.3, 0.4) is 0 Å². The van der Waals surface area contributed by atoms with E-state index in [1.165, 1.54) is 4.57 Å². The zero-order valence-corrected chi connectivity index (χ0v) is 19.2. The molecule has 0 amide bonds. The summed E-state index contributed by atoms with van der Waals surface area (Å²) in [7, 11) is 1.57. The van der Waals surface area contributed by atoms with E-state index in [4.69, 9.17) is 26.2 Å². The number of benzene rings is 1. The van der Waals surface area contributed by atoms with Crippen LogP contribution in [0.2, 0.25) is 5.02 Å². The number of unbranched alkanes of at least 4 members (excludes halogenated alkanes) is 1. The van der Waals surface area contributed by atoms with E-state index in [0.29, 0.717) is 31.2 Å². The number of aromatic nitrogens is 4. The van der Waals surface area contributed by atoms with Gasteiger partial charge in [-0.15, -0.1) is 0 Å². The Morgan fingerprint density at radius 1 is 1.06 bits per heavy atom. The molecule has 0 fully saturated rings. The van der Waals surface area contributed by atoms with E-state index in [1.807, 2.05) is 12.1 Å². The van der Waals surface area contributed by atoms with Crippen molar-refractivity contribution in [1.29, 1.82) is 0 Å². The Morgan fingerprint density at radius 2 is 1.81 bits per heavy atom. The number of aliphatic hydroxyl groups excluding tert-OH is 1. The number of aryl methyl sites for hydroxylation is 1. The normalized spacial score (nSPS) is 11.4. The van der Waals surface area contributed by atoms with Crippen molar-refractivity contribution < 1.29 is 14.6 Å². The van der Waals surface area contributed by atoms with Crippen molar-refractivity contribution in [3.63, 3.8) is 0 Å². The lowest BCUT2D eigenvalue weighted by Gasteiger charge is -2.11. The second-order valence-electron chi connectivity index (χ2n) is 7.47. The number of imidazole rings is 1. The summed E-state index contributed by atoms with van der Waals surface area (Å²) in [5, 5.41) is 9.77. The van der Waals surface area contributed by atoms with Gasteiger partial charge < -0.3 is 14.6 Å². The van der Waals surface area contributed by atoms with Crippen LogP contribution in [0.25, 0.3) is 11.2 Å². The van der Waals surface area contributed by atoms with Gasteiger partial charge in [0.15, 0.2) is 11.2 Å². The number of rotatable bonds is 12. The number of nitrogens with zero attached hydrogens (tertiary/aromatic N) is 4. The van der Waals surface area contributed by atoms with Crippen LogP contribution in [0.15, 0.2) is 33.9 Å². The molecule has 3 aromatic rings. The van der Waals surface area contributed by atoms with Crippen LogP contribution in [0.1, 0.15) is 31.7 Å². The van der Waals surface area contributed by atoms with Crippen LogP contribution < -0.4 is 16.0 Å². The maximum atomic E-state index is 13.2. The minimum Gasteiger partial charge on any atom is -0.462 e. The molecule has 0 aliphatic heterocycles. The molecule has 9 nitrogen and oxygen atoms in total. The molecule has 32 heavy (non-hydrogen) atoms. The number of aliphatic hydroxyl groups is 1. The maximum Gasteiger partial charge on any atom is 0.332 e. The fourth-order valence-corrected chi connectivity index (χ4v) is 3.47. The molecule has 0 atom stereocenters. The molecule has 0 bridgehead atoms. The molecule has 0 unspecified atom stereocenters. The predicted octanol–water partition coefficient (Wildman–Crippen LogP) is 2.18. The highest BCUT2D eigenvalue weighted by Crippen LogP contribution is 2.21. The molecular formula is C22H29ClN4O5. The monoisotopic (exact) mass is 464 g/mol. The molecule has 2 aromatic heterocycles. The Morgan fingerprint density at radius 3 is 2.50 bits per heavy atom. The van der Waals surface area contributed by atoms with E-state index in [0.717, 1.165) is 23.0 Å². The summed E-state index contributed by atoms with van der Waals surface area (Å²) >= 11 is 6.00. The third-order valence-electron chi connectivity index (χ3n) is 5.09. The van der Waals surface area contributed by atoms with E-state index >= 15 is 0 Å². The molecule has 0 spiro atoms. The molecule has 1 N–H and O–H groups in total. The molecular weight excluding hydrogens is 436 g/mol. The van der Waals surface area contributed by atoms with Crippen LogP contribution in [-0.2, 0) is 24.9 Å². The van der Waals surface area contributed by atoms with Crippen LogP contribution in [0.5, 0.6) is 6.01 Å². The van der Waals surface area contributed by atoms with Crippen molar-refractivity contribution in [3.05, 3.63) is 55.7 Å². The minimum absolute atomic E-state index is 0.117. The first-order chi connectivity index (χ1) is 15.5. The minimum atomic E-state index is -0.485. The molecule has 0 radical (unpaired) electrons. The summed E-state index contributed by atoms with van der Waals surface area (Å²) in [6.07, 6.45) is 2.32. The Kier molecular flexibility index (Phi) is 8.49. The molecule has 1 aromatic carbocycles. The first-order valence-electron chi connectivity index (χ1n) is 10.7. The SMILES string of the molecule is CCCCOCCOc1nc2c(c(=O)n(CCCO)c(=O)n2C)n1Cc1ccc(Cl)cc1. The average Bonchev–Trinajstić information content (AvgIpc) is 3.14. The van der Waals surface area contributed by atoms with E-state index in [-0.39, 0.29) is 36.9 Å². The fourth-order valence-electron chi connectivity index (χ4n) is 3.35. The molecule has 174 valence electrons. The second-order valence-corrected chi connectivity index (χ2v) is 7.91. The Bertz CT molecular complexity index is 1150. The van der Waals surface area contributed by atoms with Gasteiger partial charge in [-0.25, -0.2) is 4.79 Å². The number of fused-ring (bicyclic) bond motifs is 1. The number of halogens is 1. The highest BCUT2D eigenvalue weighted by Gasteiger charge is 2.21. The zero-order chi connectivity index (χ0) is 23.1. The van der Waals surface area contributed by atoms with Crippen molar-refractivity contribution in [1.82, 2.24) is 18.7 Å². The van der Waals surface area contributed by atoms with Crippen molar-refractivity contribution in [2.24, 2.45) is 7.05 Å². The summed E-state index contributed by atoms with van der Waals surface area (Å²) in [5.74, 6) is 0. The molecule has 0 aliphatic carbocycles. The van der Waals surface area contributed by atoms with Gasteiger partial charge in [0.05, 0.1) is 13.2 Å². The van der Waals surface area contributed by atoms with Gasteiger partial charge in [-0.3, -0.25) is 18.5 Å². The topological polar surface area (TPSA) is 101 Å². The smallest absolute Gasteiger partial charge is 0.332 e. The van der Waals surface area contributed by atoms with Crippen LogP contribution in [0, 0.1) is 0 Å². The van der Waals surface area contributed by atoms with E-state index in [9.17, 15) is 9.59 Å². The largest absolute Gasteiger partial charge is 0.462 e. The number of hydrogen-bond donors (Lipinski definition) is 1. The van der Waals surface area contributed by atoms with Crippen molar-refractivity contribution in [2.75, 3.05) is 26.4 Å². The van der Waals surface area contributed by atoms with Crippen LogP contribution in [-0.4, -0.2) is 50.2 Å². The van der Waals surface area contributed by atoms with Gasteiger partial charge in [0.1, 0.15) is 6.61 Å². The zero-order valence-electron chi connectivity index (χ0n) is 18.4. The van der Waals surface area contributed by atoms with Gasteiger partial charge in [-0.2, -0.15) is 4.98 Å². The van der Waals surface area contributed by atoms with E-state index in [2.05, 4.69) is 11.9 Å². The predicted molar refractivity (Wildman–Crippen MR) is 123 cm³/mol. The lowest BCUT2D eigenvalue weighted by molar-refractivity contribution is 0.0936. The lowest BCUT2D eigenvalue weighted by Crippen LogP contribution is -2.39. The first-order valence-corrected chi connectivity index (χ1v) is 11.1. The Hall–Kier alpha value is -2.62. The number of ether oxygens (including phenoxy) is 2. The van der Waals surface area contributed by atoms with Gasteiger partial charge in [0, 0.05) is 31.8 Å². The summed E-state index contributed by atoms with van der Waals surface area (Å²) in [6, 6.07) is 7.50. The van der Waals surface area contributed by atoms with Crippen molar-refractivity contribution in [2.45, 2.75) is 39.3 Å². The summed E-state index contributed by atoms with van der Waals surface area (Å²) in [4.78, 5) is 30.4. The third kappa shape index (κ3) is 5.40. The highest BCUT2D eigenvalue weighted by molar-refractivity contribution is 6.30. The van der Waals surface area contributed by atoms with Gasteiger partial charge in [-0.05, 0) is 30.5 Å². The van der Waals surface area contributed by atoms with Crippen molar-refractivity contribution in [3.8, 4) is 6.01 Å². The molecule has 0 saturated carbocycles. The average molecular weight is 465 g/mol. The summed E-state index contributed by atoms with van der Waals surface area (Å²) < 4.78 is 15.5. The summed E-state index contributed by atoms with van der Waals surface area (Å²) in [5.41, 5.74) is 0.458. The molecule has 10 heteroatoms. The standard InChI is InChI=1S/C22H29ClN4O5/c1-3-4-12-31-13-14-32-21-24-19-18(27(21)15-16-6-8-17(23)9-7-16)20(29)26(10-5-11-28)22(30)25(19)2/h6-9,28H,3-5,10-15H2,1-2H3. The Balaban J connectivity index is 2.02. The van der Waals surface area contributed by atoms with Gasteiger partial charge >= 0.3 is 5.69 Å². The van der Waals surface area contributed by atoms with E-state index in [1.54, 1.807) is 23.7 Å². The highest BCUT2D eigenvalue weighted by atomic mass is 35.5. The van der Waals surface area contributed by atoms with Crippen LogP contribution >= 0.6 is 11.6 Å². The first kappa shape index (κ1) is 24.0. The Labute approximate surface area is 190 Å². The van der Waals surface area contributed by atoms with Crippen LogP contribution in [0.4, 0.5) is 0 Å². The quantitative estimate of drug-likeness (QED) is 0.412.